The Kier molecular flexibility index (Phi) is 4.66. The average molecular weight is 212 g/mol. The van der Waals surface area contributed by atoms with E-state index in [0.717, 1.165) is 12.8 Å². The van der Waals surface area contributed by atoms with Crippen LogP contribution >= 0.6 is 0 Å². The van der Waals surface area contributed by atoms with E-state index in [-0.39, 0.29) is 12.6 Å². The van der Waals surface area contributed by atoms with E-state index >= 15 is 0 Å². The molecule has 5 heteroatoms. The van der Waals surface area contributed by atoms with E-state index in [1.807, 2.05) is 0 Å². The molecule has 0 atom stereocenters. The van der Waals surface area contributed by atoms with Gasteiger partial charge >= 0.3 is 12.0 Å². The number of carbonyl (C=O) groups excluding carboxylic acids is 2. The number of hydrogen-bond acceptors (Lipinski definition) is 3. The standard InChI is InChI=1S/C10H16N2O3/c1-15-9(13)7-12-10(14)11-6-8-4-2-3-5-8/h6H,2-5,7H2,1H3,(H2,11,12,14). The zero-order valence-electron chi connectivity index (χ0n) is 8.84. The predicted molar refractivity (Wildman–Crippen MR) is 55.1 cm³/mol. The lowest BCUT2D eigenvalue weighted by Gasteiger charge is -2.03. The van der Waals surface area contributed by atoms with Crippen molar-refractivity contribution in [2.45, 2.75) is 25.7 Å². The molecule has 0 aromatic heterocycles. The molecule has 2 amide bonds. The summed E-state index contributed by atoms with van der Waals surface area (Å²) in [5.41, 5.74) is 1.25. The molecule has 0 bridgehead atoms. The van der Waals surface area contributed by atoms with Crippen LogP contribution in [-0.2, 0) is 9.53 Å². The van der Waals surface area contributed by atoms with Crippen LogP contribution in [0.2, 0.25) is 0 Å². The van der Waals surface area contributed by atoms with E-state index in [1.165, 1.54) is 25.5 Å². The van der Waals surface area contributed by atoms with Gasteiger partial charge in [0.15, 0.2) is 0 Å². The summed E-state index contributed by atoms with van der Waals surface area (Å²) in [6.45, 7) is -0.106. The molecule has 1 aliphatic carbocycles. The van der Waals surface area contributed by atoms with Gasteiger partial charge in [0.2, 0.25) is 0 Å². The SMILES string of the molecule is COC(=O)CNC(=O)NC=C1CCCC1. The van der Waals surface area contributed by atoms with Crippen LogP contribution in [0.4, 0.5) is 4.79 Å². The van der Waals surface area contributed by atoms with Crippen LogP contribution < -0.4 is 10.6 Å². The van der Waals surface area contributed by atoms with E-state index in [2.05, 4.69) is 15.4 Å². The van der Waals surface area contributed by atoms with Gasteiger partial charge in [-0.05, 0) is 25.7 Å². The fraction of sp³-hybridized carbons (Fsp3) is 0.600. The van der Waals surface area contributed by atoms with Crippen LogP contribution in [0, 0.1) is 0 Å². The maximum atomic E-state index is 11.1. The van der Waals surface area contributed by atoms with E-state index in [1.54, 1.807) is 6.20 Å². The second-order valence-electron chi connectivity index (χ2n) is 3.41. The topological polar surface area (TPSA) is 67.4 Å². The van der Waals surface area contributed by atoms with Gasteiger partial charge < -0.3 is 15.4 Å². The van der Waals surface area contributed by atoms with Crippen molar-refractivity contribution in [3.63, 3.8) is 0 Å². The lowest BCUT2D eigenvalue weighted by molar-refractivity contribution is -0.139. The molecule has 0 aromatic rings. The van der Waals surface area contributed by atoms with E-state index in [4.69, 9.17) is 0 Å². The Morgan fingerprint density at radius 3 is 2.67 bits per heavy atom. The number of nitrogens with one attached hydrogen (secondary N) is 2. The van der Waals surface area contributed by atoms with Crippen LogP contribution in [0.15, 0.2) is 11.8 Å². The van der Waals surface area contributed by atoms with Crippen molar-refractivity contribution in [3.05, 3.63) is 11.8 Å². The molecule has 0 aromatic carbocycles. The Labute approximate surface area is 88.9 Å². The summed E-state index contributed by atoms with van der Waals surface area (Å²) in [4.78, 5) is 21.8. The Morgan fingerprint density at radius 2 is 2.07 bits per heavy atom. The Morgan fingerprint density at radius 1 is 1.40 bits per heavy atom. The van der Waals surface area contributed by atoms with Crippen molar-refractivity contribution in [2.24, 2.45) is 0 Å². The molecule has 2 N–H and O–H groups in total. The second-order valence-corrected chi connectivity index (χ2v) is 3.41. The van der Waals surface area contributed by atoms with Crippen LogP contribution in [0.3, 0.4) is 0 Å². The Hall–Kier alpha value is -1.52. The lowest BCUT2D eigenvalue weighted by atomic mass is 10.2. The summed E-state index contributed by atoms with van der Waals surface area (Å²) in [5.74, 6) is -0.460. The maximum absolute atomic E-state index is 11.1. The molecule has 0 saturated heterocycles. The first-order chi connectivity index (χ1) is 7.22. The summed E-state index contributed by atoms with van der Waals surface area (Å²) in [5, 5.41) is 4.97. The zero-order valence-corrected chi connectivity index (χ0v) is 8.84. The third kappa shape index (κ3) is 4.49. The van der Waals surface area contributed by atoms with Gasteiger partial charge in [0.05, 0.1) is 7.11 Å². The first-order valence-corrected chi connectivity index (χ1v) is 5.01. The monoisotopic (exact) mass is 212 g/mol. The normalized spacial score (nSPS) is 14.6. The van der Waals surface area contributed by atoms with Crippen molar-refractivity contribution in [2.75, 3.05) is 13.7 Å². The molecule has 0 aliphatic heterocycles. The smallest absolute Gasteiger partial charge is 0.325 e. The molecule has 0 radical (unpaired) electrons. The highest BCUT2D eigenvalue weighted by Crippen LogP contribution is 2.22. The summed E-state index contributed by atoms with van der Waals surface area (Å²) in [6, 6.07) is -0.375. The minimum Gasteiger partial charge on any atom is -0.468 e. The molecule has 0 heterocycles. The fourth-order valence-corrected chi connectivity index (χ4v) is 1.42. The Balaban J connectivity index is 2.18. The van der Waals surface area contributed by atoms with E-state index in [9.17, 15) is 9.59 Å². The number of methoxy groups -OCH3 is 1. The van der Waals surface area contributed by atoms with Crippen molar-refractivity contribution >= 4 is 12.0 Å². The van der Waals surface area contributed by atoms with E-state index in [0.29, 0.717) is 0 Å². The third-order valence-corrected chi connectivity index (χ3v) is 2.27. The van der Waals surface area contributed by atoms with E-state index < -0.39 is 5.97 Å². The highest BCUT2D eigenvalue weighted by Gasteiger charge is 2.07. The van der Waals surface area contributed by atoms with Gasteiger partial charge in [0, 0.05) is 6.20 Å². The van der Waals surface area contributed by atoms with Gasteiger partial charge in [0.1, 0.15) is 6.54 Å². The predicted octanol–water partition coefficient (Wildman–Crippen LogP) is 0.916. The average Bonchev–Trinajstić information content (AvgIpc) is 2.75. The largest absolute Gasteiger partial charge is 0.468 e. The fourth-order valence-electron chi connectivity index (χ4n) is 1.42. The highest BCUT2D eigenvalue weighted by molar-refractivity contribution is 5.81. The van der Waals surface area contributed by atoms with Crippen LogP contribution in [-0.4, -0.2) is 25.7 Å². The first kappa shape index (κ1) is 11.6. The van der Waals surface area contributed by atoms with Gasteiger partial charge in [0.25, 0.3) is 0 Å². The van der Waals surface area contributed by atoms with Crippen LogP contribution in [0.25, 0.3) is 0 Å². The van der Waals surface area contributed by atoms with Gasteiger partial charge in [-0.15, -0.1) is 0 Å². The summed E-state index contributed by atoms with van der Waals surface area (Å²) >= 11 is 0. The van der Waals surface area contributed by atoms with Gasteiger partial charge in [-0.25, -0.2) is 4.79 Å². The van der Waals surface area contributed by atoms with Crippen molar-refractivity contribution in [3.8, 4) is 0 Å². The zero-order chi connectivity index (χ0) is 11.1. The second kappa shape index (κ2) is 6.06. The van der Waals surface area contributed by atoms with Crippen molar-refractivity contribution in [1.29, 1.82) is 0 Å². The molecule has 84 valence electrons. The van der Waals surface area contributed by atoms with Gasteiger partial charge in [-0.3, -0.25) is 4.79 Å². The van der Waals surface area contributed by atoms with Crippen molar-refractivity contribution in [1.82, 2.24) is 10.6 Å². The molecule has 0 unspecified atom stereocenters. The molecule has 1 fully saturated rings. The van der Waals surface area contributed by atoms with Gasteiger partial charge in [-0.1, -0.05) is 5.57 Å². The maximum Gasteiger partial charge on any atom is 0.325 e. The number of hydrogen-bond donors (Lipinski definition) is 2. The number of urea groups is 1. The molecular weight excluding hydrogens is 196 g/mol. The molecule has 5 nitrogen and oxygen atoms in total. The third-order valence-electron chi connectivity index (χ3n) is 2.27. The lowest BCUT2D eigenvalue weighted by Crippen LogP contribution is -2.36. The number of rotatable bonds is 3. The molecule has 1 saturated carbocycles. The minimum atomic E-state index is -0.460. The number of amides is 2. The first-order valence-electron chi connectivity index (χ1n) is 5.01. The number of ether oxygens (including phenoxy) is 1. The number of carbonyl (C=O) groups is 2. The summed E-state index contributed by atoms with van der Waals surface area (Å²) in [6.07, 6.45) is 6.21. The van der Waals surface area contributed by atoms with Crippen LogP contribution in [0.5, 0.6) is 0 Å². The minimum absolute atomic E-state index is 0.106. The quantitative estimate of drug-likeness (QED) is 0.683. The molecule has 1 aliphatic rings. The molecule has 1 rings (SSSR count). The molecule has 15 heavy (non-hydrogen) atoms. The molecular formula is C10H16N2O3. The molecule has 0 spiro atoms. The highest BCUT2D eigenvalue weighted by atomic mass is 16.5. The summed E-state index contributed by atoms with van der Waals surface area (Å²) < 4.78 is 4.38. The Bertz CT molecular complexity index is 266. The number of allylic oxidation sites excluding steroid dienone is 1. The summed E-state index contributed by atoms with van der Waals surface area (Å²) in [7, 11) is 1.28. The van der Waals surface area contributed by atoms with Crippen molar-refractivity contribution < 1.29 is 14.3 Å². The van der Waals surface area contributed by atoms with Gasteiger partial charge in [-0.2, -0.15) is 0 Å². The van der Waals surface area contributed by atoms with Crippen LogP contribution in [0.1, 0.15) is 25.7 Å². The number of esters is 1.